The van der Waals surface area contributed by atoms with Crippen molar-refractivity contribution in [3.8, 4) is 5.75 Å². The van der Waals surface area contributed by atoms with Crippen molar-refractivity contribution in [2.45, 2.75) is 38.7 Å². The molecule has 2 heterocycles. The molecule has 23 heavy (non-hydrogen) atoms. The lowest BCUT2D eigenvalue weighted by molar-refractivity contribution is 0.219. The molecule has 2 aromatic rings. The highest BCUT2D eigenvalue weighted by molar-refractivity contribution is 7.93. The fraction of sp³-hybridized carbons (Fsp3) is 0.438. The van der Waals surface area contributed by atoms with Gasteiger partial charge < -0.3 is 4.74 Å². The Labute approximate surface area is 136 Å². The minimum atomic E-state index is -3.70. The van der Waals surface area contributed by atoms with Gasteiger partial charge in [0.05, 0.1) is 23.6 Å². The quantitative estimate of drug-likeness (QED) is 0.845. The van der Waals surface area contributed by atoms with Crippen molar-refractivity contribution in [1.82, 2.24) is 9.78 Å². The number of hydrogen-bond acceptors (Lipinski definition) is 4. The molecule has 124 valence electrons. The zero-order chi connectivity index (χ0) is 16.9. The number of sulfonamides is 1. The van der Waals surface area contributed by atoms with E-state index < -0.39 is 10.0 Å². The molecule has 1 aliphatic rings. The maximum absolute atomic E-state index is 13.3. The van der Waals surface area contributed by atoms with Gasteiger partial charge >= 0.3 is 0 Å². The molecule has 1 atom stereocenters. The fourth-order valence-electron chi connectivity index (χ4n) is 2.97. The van der Waals surface area contributed by atoms with Crippen LogP contribution in [0.5, 0.6) is 5.75 Å². The zero-order valence-electron chi connectivity index (χ0n) is 14.0. The molecule has 0 N–H and O–H groups in total. The highest BCUT2D eigenvalue weighted by Gasteiger charge is 2.36. The van der Waals surface area contributed by atoms with E-state index in [1.807, 2.05) is 32.0 Å². The third kappa shape index (κ3) is 2.49. The molecule has 0 saturated heterocycles. The van der Waals surface area contributed by atoms with Crippen LogP contribution in [-0.4, -0.2) is 30.8 Å². The minimum Gasteiger partial charge on any atom is -0.487 e. The van der Waals surface area contributed by atoms with E-state index in [0.29, 0.717) is 22.8 Å². The molecule has 3 rings (SSSR count). The van der Waals surface area contributed by atoms with Gasteiger partial charge in [0, 0.05) is 7.05 Å². The van der Waals surface area contributed by atoms with Crippen molar-refractivity contribution in [1.29, 1.82) is 0 Å². The first kappa shape index (κ1) is 15.9. The molecule has 1 aromatic carbocycles. The van der Waals surface area contributed by atoms with Gasteiger partial charge in [-0.15, -0.1) is 0 Å². The molecule has 0 aliphatic carbocycles. The van der Waals surface area contributed by atoms with Crippen LogP contribution < -0.4 is 9.04 Å². The summed E-state index contributed by atoms with van der Waals surface area (Å²) in [6.07, 6.45) is -0.211. The van der Waals surface area contributed by atoms with Crippen LogP contribution in [0.25, 0.3) is 0 Å². The molecule has 7 heteroatoms. The largest absolute Gasteiger partial charge is 0.487 e. The molecule has 0 radical (unpaired) electrons. The van der Waals surface area contributed by atoms with Gasteiger partial charge in [0.1, 0.15) is 16.7 Å². The molecule has 0 spiro atoms. The molecule has 0 fully saturated rings. The van der Waals surface area contributed by atoms with Gasteiger partial charge in [-0.3, -0.25) is 8.99 Å². The van der Waals surface area contributed by atoms with E-state index in [2.05, 4.69) is 5.10 Å². The predicted molar refractivity (Wildman–Crippen MR) is 88.5 cm³/mol. The average Bonchev–Trinajstić information content (AvgIpc) is 2.72. The van der Waals surface area contributed by atoms with Gasteiger partial charge in [0.25, 0.3) is 10.0 Å². The normalized spacial score (nSPS) is 17.8. The van der Waals surface area contributed by atoms with E-state index in [1.165, 1.54) is 4.31 Å². The Kier molecular flexibility index (Phi) is 3.63. The summed E-state index contributed by atoms with van der Waals surface area (Å²) in [6.45, 7) is 7.58. The van der Waals surface area contributed by atoms with E-state index in [-0.39, 0.29) is 17.5 Å². The molecule has 6 nitrogen and oxygen atoms in total. The van der Waals surface area contributed by atoms with Crippen LogP contribution >= 0.6 is 0 Å². The van der Waals surface area contributed by atoms with Gasteiger partial charge in [-0.05, 0) is 45.4 Å². The Morgan fingerprint density at radius 3 is 2.57 bits per heavy atom. The smallest absolute Gasteiger partial charge is 0.268 e. The highest BCUT2D eigenvalue weighted by atomic mass is 32.2. The molecule has 1 unspecified atom stereocenters. The number of anilines is 1. The van der Waals surface area contributed by atoms with E-state index in [0.717, 1.165) is 5.56 Å². The number of aryl methyl sites for hydroxylation is 3. The van der Waals surface area contributed by atoms with Crippen molar-refractivity contribution < 1.29 is 13.2 Å². The van der Waals surface area contributed by atoms with Crippen molar-refractivity contribution in [3.63, 3.8) is 0 Å². The molecule has 0 saturated carbocycles. The third-order valence-electron chi connectivity index (χ3n) is 4.12. The van der Waals surface area contributed by atoms with Gasteiger partial charge in [0.2, 0.25) is 0 Å². The van der Waals surface area contributed by atoms with Crippen LogP contribution in [0.3, 0.4) is 0 Å². The van der Waals surface area contributed by atoms with Crippen LogP contribution in [0.2, 0.25) is 0 Å². The Hall–Kier alpha value is -2.02. The second kappa shape index (κ2) is 5.26. The van der Waals surface area contributed by atoms with E-state index in [9.17, 15) is 8.42 Å². The van der Waals surface area contributed by atoms with Crippen LogP contribution in [0, 0.1) is 20.8 Å². The Morgan fingerprint density at radius 2 is 1.96 bits per heavy atom. The zero-order valence-corrected chi connectivity index (χ0v) is 14.8. The van der Waals surface area contributed by atoms with E-state index in [4.69, 9.17) is 4.74 Å². The number of nitrogens with zero attached hydrogens (tertiary/aromatic N) is 3. The average molecular weight is 335 g/mol. The van der Waals surface area contributed by atoms with Gasteiger partial charge in [-0.2, -0.15) is 5.10 Å². The lowest BCUT2D eigenvalue weighted by atomic mass is 10.2. The van der Waals surface area contributed by atoms with Gasteiger partial charge in [-0.1, -0.05) is 6.07 Å². The van der Waals surface area contributed by atoms with Crippen molar-refractivity contribution in [2.75, 3.05) is 10.8 Å². The Balaban J connectivity index is 2.20. The standard InChI is InChI=1S/C16H21N3O3S/c1-10-6-7-15-14(8-10)19(9-11(2)22-15)23(20,21)16-12(3)17-18(5)13(16)4/h6-8,11H,9H2,1-5H3. The first-order valence-corrected chi connectivity index (χ1v) is 8.96. The summed E-state index contributed by atoms with van der Waals surface area (Å²) in [5.41, 5.74) is 2.72. The number of ether oxygens (including phenoxy) is 1. The molecular weight excluding hydrogens is 314 g/mol. The van der Waals surface area contributed by atoms with E-state index >= 15 is 0 Å². The Morgan fingerprint density at radius 1 is 1.26 bits per heavy atom. The molecule has 1 aliphatic heterocycles. The number of fused-ring (bicyclic) bond motifs is 1. The van der Waals surface area contributed by atoms with Crippen molar-refractivity contribution in [3.05, 3.63) is 35.2 Å². The number of aromatic nitrogens is 2. The summed E-state index contributed by atoms with van der Waals surface area (Å²) >= 11 is 0. The maximum atomic E-state index is 13.3. The molecular formula is C16H21N3O3S. The Bertz CT molecular complexity index is 871. The summed E-state index contributed by atoms with van der Waals surface area (Å²) in [7, 11) is -1.94. The summed E-state index contributed by atoms with van der Waals surface area (Å²) < 4.78 is 35.4. The summed E-state index contributed by atoms with van der Waals surface area (Å²) in [6, 6.07) is 5.59. The van der Waals surface area contributed by atoms with Crippen LogP contribution in [0.1, 0.15) is 23.9 Å². The molecule has 0 amide bonds. The second-order valence-electron chi connectivity index (χ2n) is 6.06. The summed E-state index contributed by atoms with van der Waals surface area (Å²) in [5.74, 6) is 0.595. The van der Waals surface area contributed by atoms with Crippen LogP contribution in [0.4, 0.5) is 5.69 Å². The first-order chi connectivity index (χ1) is 10.7. The van der Waals surface area contributed by atoms with Crippen molar-refractivity contribution >= 4 is 15.7 Å². The summed E-state index contributed by atoms with van der Waals surface area (Å²) in [5, 5.41) is 4.24. The van der Waals surface area contributed by atoms with E-state index in [1.54, 1.807) is 25.6 Å². The minimum absolute atomic E-state index is 0.211. The van der Waals surface area contributed by atoms with Crippen LogP contribution in [0.15, 0.2) is 23.1 Å². The third-order valence-corrected chi connectivity index (χ3v) is 6.16. The second-order valence-corrected chi connectivity index (χ2v) is 7.86. The maximum Gasteiger partial charge on any atom is 0.268 e. The topological polar surface area (TPSA) is 64.4 Å². The number of hydrogen-bond donors (Lipinski definition) is 0. The molecule has 1 aromatic heterocycles. The molecule has 0 bridgehead atoms. The fourth-order valence-corrected chi connectivity index (χ4v) is 4.92. The van der Waals surface area contributed by atoms with Crippen molar-refractivity contribution in [2.24, 2.45) is 7.05 Å². The SMILES string of the molecule is Cc1ccc2c(c1)N(S(=O)(=O)c1c(C)nn(C)c1C)CC(C)O2. The monoisotopic (exact) mass is 335 g/mol. The summed E-state index contributed by atoms with van der Waals surface area (Å²) in [4.78, 5) is 0.279. The first-order valence-electron chi connectivity index (χ1n) is 7.52. The van der Waals surface area contributed by atoms with Gasteiger partial charge in [-0.25, -0.2) is 8.42 Å². The lowest BCUT2D eigenvalue weighted by Crippen LogP contribution is -2.42. The highest BCUT2D eigenvalue weighted by Crippen LogP contribution is 2.38. The van der Waals surface area contributed by atoms with Gasteiger partial charge in [0.15, 0.2) is 0 Å². The number of rotatable bonds is 2. The number of benzene rings is 1. The predicted octanol–water partition coefficient (Wildman–Crippen LogP) is 2.32. The lowest BCUT2D eigenvalue weighted by Gasteiger charge is -2.34. The van der Waals surface area contributed by atoms with Crippen LogP contribution in [-0.2, 0) is 17.1 Å².